The van der Waals surface area contributed by atoms with Gasteiger partial charge >= 0.3 is 0 Å². The van der Waals surface area contributed by atoms with Crippen molar-refractivity contribution < 1.29 is 4.74 Å². The second-order valence-electron chi connectivity index (χ2n) is 9.74. The Bertz CT molecular complexity index is 1760. The Morgan fingerprint density at radius 2 is 1.59 bits per heavy atom. The molecule has 4 aromatic carbocycles. The average molecular weight is 485 g/mol. The number of hydrogen-bond acceptors (Lipinski definition) is 4. The number of nitrogens with zero attached hydrogens (tertiary/aromatic N) is 3. The average Bonchev–Trinajstić information content (AvgIpc) is 3.36. The lowest BCUT2D eigenvalue weighted by Gasteiger charge is -2.26. The van der Waals surface area contributed by atoms with Gasteiger partial charge in [0.25, 0.3) is 0 Å². The van der Waals surface area contributed by atoms with Gasteiger partial charge in [0.05, 0.1) is 12.7 Å². The van der Waals surface area contributed by atoms with Crippen molar-refractivity contribution in [3.05, 3.63) is 91.1 Å². The minimum atomic E-state index is 0.310. The fraction of sp³-hybridized carbons (Fsp3) is 0.188. The maximum atomic E-state index is 5.92. The Balaban J connectivity index is 1.54. The number of rotatable bonds is 4. The number of piperidine rings is 1. The quantitative estimate of drug-likeness (QED) is 0.293. The van der Waals surface area contributed by atoms with Crippen molar-refractivity contribution in [1.29, 1.82) is 0 Å². The summed E-state index contributed by atoms with van der Waals surface area (Å²) < 4.78 is 8.30. The van der Waals surface area contributed by atoms with Gasteiger partial charge in [0.2, 0.25) is 0 Å². The van der Waals surface area contributed by atoms with E-state index in [0.717, 1.165) is 70.7 Å². The van der Waals surface area contributed by atoms with Gasteiger partial charge in [0.1, 0.15) is 17.1 Å². The Labute approximate surface area is 215 Å². The van der Waals surface area contributed by atoms with Crippen LogP contribution in [0.2, 0.25) is 0 Å². The fourth-order valence-corrected chi connectivity index (χ4v) is 5.82. The van der Waals surface area contributed by atoms with Crippen LogP contribution in [0.25, 0.3) is 55.2 Å². The van der Waals surface area contributed by atoms with Crippen molar-refractivity contribution >= 4 is 32.7 Å². The first-order valence-corrected chi connectivity index (χ1v) is 12.9. The molecule has 0 atom stereocenters. The van der Waals surface area contributed by atoms with Crippen molar-refractivity contribution in [3.63, 3.8) is 0 Å². The van der Waals surface area contributed by atoms with Gasteiger partial charge in [-0.2, -0.15) is 0 Å². The molecular weight excluding hydrogens is 456 g/mol. The predicted octanol–water partition coefficient (Wildman–Crippen LogP) is 7.00. The topological polar surface area (TPSA) is 52.0 Å². The number of ether oxygens (including phenoxy) is 1. The van der Waals surface area contributed by atoms with Crippen molar-refractivity contribution in [2.24, 2.45) is 0 Å². The van der Waals surface area contributed by atoms with Gasteiger partial charge < -0.3 is 14.6 Å². The third kappa shape index (κ3) is 3.66. The smallest absolute Gasteiger partial charge is 0.161 e. The summed E-state index contributed by atoms with van der Waals surface area (Å²) in [5.74, 6) is 1.76. The van der Waals surface area contributed by atoms with E-state index in [0.29, 0.717) is 6.04 Å². The van der Waals surface area contributed by atoms with E-state index in [1.54, 1.807) is 7.11 Å². The largest absolute Gasteiger partial charge is 0.496 e. The first-order chi connectivity index (χ1) is 18.3. The molecule has 1 aliphatic heterocycles. The Hall–Kier alpha value is -4.22. The molecule has 0 saturated carbocycles. The summed E-state index contributed by atoms with van der Waals surface area (Å²) in [6.45, 7) is 1.97. The number of imidazole rings is 1. The third-order valence-electron chi connectivity index (χ3n) is 7.65. The minimum absolute atomic E-state index is 0.310. The van der Waals surface area contributed by atoms with Crippen LogP contribution in [0.1, 0.15) is 18.9 Å². The number of pyridine rings is 1. The summed E-state index contributed by atoms with van der Waals surface area (Å²) in [6, 6.07) is 30.2. The lowest BCUT2D eigenvalue weighted by Crippen LogP contribution is -2.29. The zero-order valence-electron chi connectivity index (χ0n) is 20.8. The third-order valence-corrected chi connectivity index (χ3v) is 7.65. The van der Waals surface area contributed by atoms with Gasteiger partial charge in [-0.15, -0.1) is 0 Å². The van der Waals surface area contributed by atoms with Gasteiger partial charge in [-0.1, -0.05) is 66.7 Å². The molecular formula is C32H28N4O. The zero-order valence-corrected chi connectivity index (χ0v) is 20.8. The van der Waals surface area contributed by atoms with Gasteiger partial charge in [0, 0.05) is 17.8 Å². The van der Waals surface area contributed by atoms with Crippen LogP contribution < -0.4 is 10.1 Å². The first kappa shape index (κ1) is 22.0. The van der Waals surface area contributed by atoms with Gasteiger partial charge in [-0.25, -0.2) is 9.97 Å². The molecule has 182 valence electrons. The number of benzene rings is 4. The highest BCUT2D eigenvalue weighted by molar-refractivity contribution is 6.01. The van der Waals surface area contributed by atoms with Crippen molar-refractivity contribution in [2.45, 2.75) is 18.9 Å². The summed E-state index contributed by atoms with van der Waals surface area (Å²) in [7, 11) is 1.74. The van der Waals surface area contributed by atoms with Crippen LogP contribution in [0.3, 0.4) is 0 Å². The second-order valence-corrected chi connectivity index (χ2v) is 9.74. The summed E-state index contributed by atoms with van der Waals surface area (Å²) in [5.41, 5.74) is 5.15. The monoisotopic (exact) mass is 484 g/mol. The Morgan fingerprint density at radius 3 is 2.43 bits per heavy atom. The van der Waals surface area contributed by atoms with Crippen LogP contribution in [0, 0.1) is 0 Å². The maximum absolute atomic E-state index is 5.92. The van der Waals surface area contributed by atoms with E-state index in [1.165, 1.54) is 16.2 Å². The summed E-state index contributed by atoms with van der Waals surface area (Å²) >= 11 is 0. The van der Waals surface area contributed by atoms with Crippen molar-refractivity contribution in [1.82, 2.24) is 19.9 Å². The van der Waals surface area contributed by atoms with E-state index in [4.69, 9.17) is 14.7 Å². The Kier molecular flexibility index (Phi) is 5.37. The predicted molar refractivity (Wildman–Crippen MR) is 151 cm³/mol. The standard InChI is InChI=1S/C32H28N4O/c1-37-28-13-12-22-7-4-5-9-26(22)29(28)31-35-30-27(24-11-10-21-6-2-3-8-23(21)20-24)16-19-34-32(30)36(31)25-14-17-33-18-15-25/h2-13,16,19-20,25,33H,14-15,17-18H2,1H3. The molecule has 2 aromatic heterocycles. The van der Waals surface area contributed by atoms with Crippen LogP contribution in [-0.4, -0.2) is 34.7 Å². The van der Waals surface area contributed by atoms with Crippen LogP contribution in [0.5, 0.6) is 5.75 Å². The molecule has 6 aromatic rings. The van der Waals surface area contributed by atoms with Crippen molar-refractivity contribution in [3.8, 4) is 28.3 Å². The molecule has 0 spiro atoms. The molecule has 1 aliphatic rings. The molecule has 3 heterocycles. The minimum Gasteiger partial charge on any atom is -0.496 e. The van der Waals surface area contributed by atoms with Gasteiger partial charge in [0.15, 0.2) is 5.65 Å². The number of aromatic nitrogens is 3. The molecule has 1 saturated heterocycles. The summed E-state index contributed by atoms with van der Waals surface area (Å²) in [5, 5.41) is 8.28. The van der Waals surface area contributed by atoms with E-state index in [1.807, 2.05) is 6.20 Å². The lowest BCUT2D eigenvalue weighted by molar-refractivity contribution is 0.375. The summed E-state index contributed by atoms with van der Waals surface area (Å²) in [4.78, 5) is 10.3. The van der Waals surface area contributed by atoms with E-state index >= 15 is 0 Å². The maximum Gasteiger partial charge on any atom is 0.161 e. The lowest BCUT2D eigenvalue weighted by atomic mass is 10.0. The molecule has 37 heavy (non-hydrogen) atoms. The summed E-state index contributed by atoms with van der Waals surface area (Å²) in [6.07, 6.45) is 4.00. The highest BCUT2D eigenvalue weighted by Crippen LogP contribution is 2.42. The molecule has 0 aliphatic carbocycles. The second kappa shape index (κ2) is 9.02. The molecule has 1 fully saturated rings. The van der Waals surface area contributed by atoms with E-state index in [9.17, 15) is 0 Å². The SMILES string of the molecule is COc1ccc2ccccc2c1-c1nc2c(-c3ccc4ccccc4c3)ccnc2n1C1CCNCC1. The number of fused-ring (bicyclic) bond motifs is 3. The number of methoxy groups -OCH3 is 1. The van der Waals surface area contributed by atoms with Crippen LogP contribution in [0.15, 0.2) is 91.1 Å². The number of hydrogen-bond donors (Lipinski definition) is 1. The van der Waals surface area contributed by atoms with Crippen LogP contribution >= 0.6 is 0 Å². The molecule has 5 nitrogen and oxygen atoms in total. The van der Waals surface area contributed by atoms with Crippen LogP contribution in [-0.2, 0) is 0 Å². The highest BCUT2D eigenvalue weighted by Gasteiger charge is 2.27. The molecule has 0 radical (unpaired) electrons. The fourth-order valence-electron chi connectivity index (χ4n) is 5.82. The van der Waals surface area contributed by atoms with Crippen molar-refractivity contribution in [2.75, 3.05) is 20.2 Å². The molecule has 1 N–H and O–H groups in total. The molecule has 7 rings (SSSR count). The van der Waals surface area contributed by atoms with Gasteiger partial charge in [-0.05, 0) is 71.2 Å². The number of nitrogens with one attached hydrogen (secondary N) is 1. The van der Waals surface area contributed by atoms with Crippen LogP contribution in [0.4, 0.5) is 0 Å². The molecule has 0 amide bonds. The van der Waals surface area contributed by atoms with Gasteiger partial charge in [-0.3, -0.25) is 0 Å². The van der Waals surface area contributed by atoms with E-state index in [2.05, 4.69) is 94.8 Å². The Morgan fingerprint density at radius 1 is 0.838 bits per heavy atom. The molecule has 0 unspecified atom stereocenters. The molecule has 0 bridgehead atoms. The molecule has 5 heteroatoms. The van der Waals surface area contributed by atoms with E-state index in [-0.39, 0.29) is 0 Å². The van der Waals surface area contributed by atoms with E-state index < -0.39 is 0 Å². The first-order valence-electron chi connectivity index (χ1n) is 12.9. The highest BCUT2D eigenvalue weighted by atomic mass is 16.5. The zero-order chi connectivity index (χ0) is 24.8. The normalized spacial score (nSPS) is 14.5.